The van der Waals surface area contributed by atoms with Crippen LogP contribution in [0.2, 0.25) is 0 Å². The van der Waals surface area contributed by atoms with Crippen LogP contribution in [0.25, 0.3) is 0 Å². The molecule has 1 aromatic rings. The maximum atomic E-state index is 12.6. The van der Waals surface area contributed by atoms with Crippen molar-refractivity contribution in [1.82, 2.24) is 15.1 Å². The molecule has 0 radical (unpaired) electrons. The largest absolute Gasteiger partial charge is 0.340 e. The summed E-state index contributed by atoms with van der Waals surface area (Å²) in [4.78, 5) is 41.3. The van der Waals surface area contributed by atoms with Crippen LogP contribution in [-0.2, 0) is 9.59 Å². The van der Waals surface area contributed by atoms with Gasteiger partial charge < -0.3 is 15.1 Å². The fourth-order valence-electron chi connectivity index (χ4n) is 3.97. The van der Waals surface area contributed by atoms with Gasteiger partial charge in [0.25, 0.3) is 5.91 Å². The highest BCUT2D eigenvalue weighted by Gasteiger charge is 2.28. The number of nitrogens with zero attached hydrogens (tertiary/aromatic N) is 2. The fraction of sp³-hybridized carbons (Fsp3) is 0.650. The fourth-order valence-corrected chi connectivity index (χ4v) is 4.60. The topological polar surface area (TPSA) is 69.7 Å². The first-order chi connectivity index (χ1) is 13.0. The third-order valence-electron chi connectivity index (χ3n) is 5.65. The van der Waals surface area contributed by atoms with Crippen molar-refractivity contribution in [3.8, 4) is 0 Å². The van der Waals surface area contributed by atoms with Crippen LogP contribution in [0.1, 0.15) is 55.1 Å². The number of amides is 3. The van der Waals surface area contributed by atoms with Crippen molar-refractivity contribution in [2.75, 3.05) is 26.2 Å². The van der Waals surface area contributed by atoms with E-state index in [0.29, 0.717) is 37.5 Å². The van der Waals surface area contributed by atoms with Crippen molar-refractivity contribution in [3.63, 3.8) is 0 Å². The first-order valence-electron chi connectivity index (χ1n) is 9.95. The summed E-state index contributed by atoms with van der Waals surface area (Å²) in [5.41, 5.74) is 0. The summed E-state index contributed by atoms with van der Waals surface area (Å²) in [7, 11) is 0. The number of hydrogen-bond acceptors (Lipinski definition) is 4. The Balaban J connectivity index is 1.40. The van der Waals surface area contributed by atoms with Crippen molar-refractivity contribution in [2.24, 2.45) is 5.92 Å². The molecule has 1 aliphatic heterocycles. The van der Waals surface area contributed by atoms with E-state index in [1.165, 1.54) is 37.0 Å². The molecule has 1 N–H and O–H groups in total. The van der Waals surface area contributed by atoms with E-state index in [0.717, 1.165) is 12.3 Å². The quantitative estimate of drug-likeness (QED) is 0.810. The summed E-state index contributed by atoms with van der Waals surface area (Å²) in [6.45, 7) is 3.95. The Hall–Kier alpha value is -1.89. The van der Waals surface area contributed by atoms with Crippen molar-refractivity contribution >= 4 is 29.1 Å². The Bertz CT molecular complexity index is 647. The number of rotatable bonds is 6. The molecule has 2 aliphatic rings. The molecule has 0 aromatic carbocycles. The maximum absolute atomic E-state index is 12.6. The zero-order valence-corrected chi connectivity index (χ0v) is 16.8. The molecule has 6 nitrogen and oxygen atoms in total. The summed E-state index contributed by atoms with van der Waals surface area (Å²) >= 11 is 1.36. The molecule has 2 heterocycles. The van der Waals surface area contributed by atoms with Crippen LogP contribution in [0, 0.1) is 5.92 Å². The number of carbonyl (C=O) groups excluding carboxylic acids is 3. The lowest BCUT2D eigenvalue weighted by atomic mass is 10.0. The average molecular weight is 392 g/mol. The molecule has 1 aromatic heterocycles. The predicted molar refractivity (Wildman–Crippen MR) is 106 cm³/mol. The Morgan fingerprint density at radius 1 is 1.15 bits per heavy atom. The third kappa shape index (κ3) is 5.31. The summed E-state index contributed by atoms with van der Waals surface area (Å²) < 4.78 is 0. The highest BCUT2D eigenvalue weighted by molar-refractivity contribution is 7.12. The lowest BCUT2D eigenvalue weighted by molar-refractivity contribution is -0.140. The zero-order valence-electron chi connectivity index (χ0n) is 16.0. The van der Waals surface area contributed by atoms with Crippen molar-refractivity contribution < 1.29 is 14.4 Å². The van der Waals surface area contributed by atoms with E-state index < -0.39 is 6.04 Å². The van der Waals surface area contributed by atoms with Crippen molar-refractivity contribution in [2.45, 2.75) is 51.5 Å². The first kappa shape index (κ1) is 19.9. The molecule has 2 fully saturated rings. The van der Waals surface area contributed by atoms with Gasteiger partial charge in [-0.1, -0.05) is 31.7 Å². The van der Waals surface area contributed by atoms with Crippen LogP contribution in [0.15, 0.2) is 17.5 Å². The van der Waals surface area contributed by atoms with E-state index >= 15 is 0 Å². The second kappa shape index (κ2) is 9.35. The first-order valence-corrected chi connectivity index (χ1v) is 10.8. The van der Waals surface area contributed by atoms with Gasteiger partial charge in [-0.15, -0.1) is 11.3 Å². The van der Waals surface area contributed by atoms with Crippen molar-refractivity contribution in [3.05, 3.63) is 22.4 Å². The van der Waals surface area contributed by atoms with Gasteiger partial charge >= 0.3 is 0 Å². The van der Waals surface area contributed by atoms with Gasteiger partial charge in [-0.3, -0.25) is 14.4 Å². The van der Waals surface area contributed by atoms with Gasteiger partial charge in [0, 0.05) is 32.6 Å². The molecule has 0 bridgehead atoms. The van der Waals surface area contributed by atoms with E-state index in [4.69, 9.17) is 0 Å². The van der Waals surface area contributed by atoms with Crippen LogP contribution < -0.4 is 5.32 Å². The molecule has 148 valence electrons. The summed E-state index contributed by atoms with van der Waals surface area (Å²) in [5, 5.41) is 4.60. The minimum atomic E-state index is -0.566. The molecule has 1 unspecified atom stereocenters. The number of thiophene rings is 1. The third-order valence-corrected chi connectivity index (χ3v) is 6.52. The molecule has 7 heteroatoms. The van der Waals surface area contributed by atoms with Gasteiger partial charge in [0.1, 0.15) is 6.04 Å². The molecule has 3 rings (SSSR count). The smallest absolute Gasteiger partial charge is 0.261 e. The number of piperazine rings is 1. The van der Waals surface area contributed by atoms with Crippen LogP contribution in [-0.4, -0.2) is 59.7 Å². The predicted octanol–water partition coefficient (Wildman–Crippen LogP) is 2.51. The van der Waals surface area contributed by atoms with Crippen LogP contribution >= 0.6 is 11.3 Å². The molecular weight excluding hydrogens is 362 g/mol. The van der Waals surface area contributed by atoms with Gasteiger partial charge in [0.15, 0.2) is 0 Å². The van der Waals surface area contributed by atoms with Gasteiger partial charge in [0.05, 0.1) is 4.88 Å². The SMILES string of the molecule is CC(NC(=O)c1cccs1)C(=O)N1CCN(C(=O)CCC2CCCC2)CC1. The van der Waals surface area contributed by atoms with E-state index in [2.05, 4.69) is 5.32 Å². The lowest BCUT2D eigenvalue weighted by Gasteiger charge is -2.36. The lowest BCUT2D eigenvalue weighted by Crippen LogP contribution is -2.55. The van der Waals surface area contributed by atoms with Crippen LogP contribution in [0.5, 0.6) is 0 Å². The highest BCUT2D eigenvalue weighted by atomic mass is 32.1. The van der Waals surface area contributed by atoms with Crippen LogP contribution in [0.4, 0.5) is 0 Å². The number of nitrogens with one attached hydrogen (secondary N) is 1. The molecule has 27 heavy (non-hydrogen) atoms. The molecule has 1 aliphatic carbocycles. The Kier molecular flexibility index (Phi) is 6.88. The Labute approximate surface area is 164 Å². The Morgan fingerprint density at radius 3 is 2.44 bits per heavy atom. The normalized spacial score (nSPS) is 19.1. The Morgan fingerprint density at radius 2 is 1.81 bits per heavy atom. The second-order valence-electron chi connectivity index (χ2n) is 7.57. The average Bonchev–Trinajstić information content (AvgIpc) is 3.39. The molecule has 3 amide bonds. The molecule has 1 saturated heterocycles. The standard InChI is InChI=1S/C20H29N3O3S/c1-15(21-19(25)17-7-4-14-27-17)20(26)23-12-10-22(11-13-23)18(24)9-8-16-5-2-3-6-16/h4,7,14-16H,2-3,5-6,8-13H2,1H3,(H,21,25). The van der Waals surface area contributed by atoms with Gasteiger partial charge in [-0.05, 0) is 30.7 Å². The maximum Gasteiger partial charge on any atom is 0.261 e. The summed E-state index contributed by atoms with van der Waals surface area (Å²) in [6.07, 6.45) is 6.78. The van der Waals surface area contributed by atoms with E-state index in [-0.39, 0.29) is 17.7 Å². The molecule has 1 atom stereocenters. The minimum absolute atomic E-state index is 0.0852. The molecular formula is C20H29N3O3S. The van der Waals surface area contributed by atoms with E-state index in [9.17, 15) is 14.4 Å². The van der Waals surface area contributed by atoms with Gasteiger partial charge in [-0.25, -0.2) is 0 Å². The van der Waals surface area contributed by atoms with Crippen molar-refractivity contribution in [1.29, 1.82) is 0 Å². The zero-order chi connectivity index (χ0) is 19.2. The van der Waals surface area contributed by atoms with Crippen LogP contribution in [0.3, 0.4) is 0 Å². The van der Waals surface area contributed by atoms with E-state index in [1.54, 1.807) is 17.9 Å². The number of hydrogen-bond donors (Lipinski definition) is 1. The minimum Gasteiger partial charge on any atom is -0.340 e. The summed E-state index contributed by atoms with van der Waals surface area (Å²) in [6, 6.07) is 2.99. The van der Waals surface area contributed by atoms with Gasteiger partial charge in [0.2, 0.25) is 11.8 Å². The highest BCUT2D eigenvalue weighted by Crippen LogP contribution is 2.28. The molecule has 0 spiro atoms. The van der Waals surface area contributed by atoms with E-state index in [1.807, 2.05) is 16.3 Å². The second-order valence-corrected chi connectivity index (χ2v) is 8.52. The molecule has 1 saturated carbocycles. The monoisotopic (exact) mass is 391 g/mol. The summed E-state index contributed by atoms with van der Waals surface area (Å²) in [5.74, 6) is 0.641. The number of carbonyl (C=O) groups is 3. The van der Waals surface area contributed by atoms with Gasteiger partial charge in [-0.2, -0.15) is 0 Å².